The van der Waals surface area contributed by atoms with Gasteiger partial charge in [0.05, 0.1) is 17.1 Å². The van der Waals surface area contributed by atoms with E-state index in [0.29, 0.717) is 41.1 Å². The largest absolute Gasteiger partial charge is 0.462 e. The van der Waals surface area contributed by atoms with E-state index in [-0.39, 0.29) is 10.9 Å². The molecule has 0 saturated carbocycles. The lowest BCUT2D eigenvalue weighted by Crippen LogP contribution is -2.36. The highest BCUT2D eigenvalue weighted by molar-refractivity contribution is 8.18. The van der Waals surface area contributed by atoms with Crippen LogP contribution in [0.1, 0.15) is 35.9 Å². The van der Waals surface area contributed by atoms with Crippen molar-refractivity contribution in [1.29, 1.82) is 0 Å². The monoisotopic (exact) mass is 522 g/mol. The van der Waals surface area contributed by atoms with Crippen molar-refractivity contribution in [1.82, 2.24) is 4.90 Å². The molecule has 0 aliphatic carbocycles. The molecule has 2 aromatic carbocycles. The first-order valence-electron chi connectivity index (χ1n) is 11.5. The van der Waals surface area contributed by atoms with Gasteiger partial charge in [-0.1, -0.05) is 25.5 Å². The molecule has 0 spiro atoms. The molecule has 1 N–H and O–H groups in total. The van der Waals surface area contributed by atoms with Crippen LogP contribution in [-0.2, 0) is 14.3 Å². The predicted octanol–water partition coefficient (Wildman–Crippen LogP) is 5.72. The van der Waals surface area contributed by atoms with Crippen LogP contribution in [0.5, 0.6) is 0 Å². The number of halogens is 1. The normalized spacial score (nSPS) is 14.3. The van der Waals surface area contributed by atoms with Gasteiger partial charge in [-0.25, -0.2) is 9.18 Å². The highest BCUT2D eigenvalue weighted by Gasteiger charge is 2.36. The molecule has 4 rings (SSSR count). The number of nitrogens with zero attached hydrogens (tertiary/aromatic N) is 1. The molecule has 1 aromatic heterocycles. The lowest BCUT2D eigenvalue weighted by molar-refractivity contribution is -0.127. The van der Waals surface area contributed by atoms with Gasteiger partial charge >= 0.3 is 5.97 Å². The van der Waals surface area contributed by atoms with Gasteiger partial charge in [-0.15, -0.1) is 0 Å². The molecular formula is C27H23FN2O6S. The molecule has 0 atom stereocenters. The van der Waals surface area contributed by atoms with Crippen molar-refractivity contribution in [2.75, 3.05) is 18.5 Å². The van der Waals surface area contributed by atoms with Crippen molar-refractivity contribution in [3.63, 3.8) is 0 Å². The Morgan fingerprint density at radius 1 is 1.05 bits per heavy atom. The van der Waals surface area contributed by atoms with Crippen LogP contribution in [0.3, 0.4) is 0 Å². The molecule has 3 aromatic rings. The van der Waals surface area contributed by atoms with Gasteiger partial charge in [0.2, 0.25) is 5.91 Å². The number of benzene rings is 2. The molecule has 1 aliphatic heterocycles. The third-order valence-electron chi connectivity index (χ3n) is 5.34. The zero-order valence-electron chi connectivity index (χ0n) is 19.9. The number of rotatable bonds is 9. The first kappa shape index (κ1) is 25.9. The SMILES string of the molecule is CCCCOC(=O)c1ccc(-c2ccc(/C=C3/SC(=O)N(CC(=O)Nc4ccc(F)cc4)C3=O)o2)cc1. The quantitative estimate of drug-likeness (QED) is 0.218. The van der Waals surface area contributed by atoms with Crippen LogP contribution in [0.4, 0.5) is 14.9 Å². The second-order valence-corrected chi connectivity index (χ2v) is 9.08. The minimum atomic E-state index is -0.617. The minimum Gasteiger partial charge on any atom is -0.462 e. The van der Waals surface area contributed by atoms with Gasteiger partial charge in [-0.3, -0.25) is 19.3 Å². The highest BCUT2D eigenvalue weighted by Crippen LogP contribution is 2.33. The molecule has 0 bridgehead atoms. The average molecular weight is 523 g/mol. The van der Waals surface area contributed by atoms with E-state index in [2.05, 4.69) is 5.32 Å². The number of ether oxygens (including phenoxy) is 1. The summed E-state index contributed by atoms with van der Waals surface area (Å²) < 4.78 is 24.0. The van der Waals surface area contributed by atoms with Crippen LogP contribution in [0.15, 0.2) is 70.0 Å². The van der Waals surface area contributed by atoms with E-state index in [4.69, 9.17) is 9.15 Å². The Kier molecular flexibility index (Phi) is 8.19. The van der Waals surface area contributed by atoms with E-state index in [0.717, 1.165) is 23.3 Å². The molecule has 190 valence electrons. The molecule has 1 fully saturated rings. The Hall–Kier alpha value is -4.18. The maximum Gasteiger partial charge on any atom is 0.338 e. The lowest BCUT2D eigenvalue weighted by Gasteiger charge is -2.12. The molecule has 3 amide bonds. The van der Waals surface area contributed by atoms with E-state index >= 15 is 0 Å². The number of imide groups is 1. The number of nitrogens with one attached hydrogen (secondary N) is 1. The van der Waals surface area contributed by atoms with Gasteiger partial charge in [-0.05, 0) is 66.7 Å². The summed E-state index contributed by atoms with van der Waals surface area (Å²) in [5.74, 6) is -1.19. The molecule has 1 aliphatic rings. The Morgan fingerprint density at radius 3 is 2.49 bits per heavy atom. The summed E-state index contributed by atoms with van der Waals surface area (Å²) in [7, 11) is 0. The van der Waals surface area contributed by atoms with Gasteiger partial charge in [0.25, 0.3) is 11.1 Å². The Bertz CT molecular complexity index is 1350. The minimum absolute atomic E-state index is 0.116. The Morgan fingerprint density at radius 2 is 1.78 bits per heavy atom. The van der Waals surface area contributed by atoms with E-state index in [1.54, 1.807) is 36.4 Å². The molecule has 2 heterocycles. The number of unbranched alkanes of at least 4 members (excludes halogenated alkanes) is 1. The number of anilines is 1. The smallest absolute Gasteiger partial charge is 0.338 e. The van der Waals surface area contributed by atoms with Crippen molar-refractivity contribution in [3.05, 3.63) is 82.7 Å². The van der Waals surface area contributed by atoms with E-state index in [1.807, 2.05) is 6.92 Å². The van der Waals surface area contributed by atoms with Gasteiger partial charge < -0.3 is 14.5 Å². The maximum atomic E-state index is 13.0. The summed E-state index contributed by atoms with van der Waals surface area (Å²) in [6.07, 6.45) is 3.18. The third-order valence-corrected chi connectivity index (χ3v) is 6.25. The van der Waals surface area contributed by atoms with Crippen molar-refractivity contribution in [3.8, 4) is 11.3 Å². The predicted molar refractivity (Wildman–Crippen MR) is 137 cm³/mol. The standard InChI is InChI=1S/C27H23FN2O6S/c1-2-3-14-35-26(33)18-6-4-17(5-7-18)22-13-12-21(36-22)15-23-25(32)30(27(34)37-23)16-24(31)29-20-10-8-19(28)9-11-20/h4-13,15H,2-3,14,16H2,1H3,(H,29,31)/b23-15+. The molecular weight excluding hydrogens is 499 g/mol. The molecule has 10 heteroatoms. The fourth-order valence-electron chi connectivity index (χ4n) is 3.39. The van der Waals surface area contributed by atoms with Crippen molar-refractivity contribution >= 4 is 46.5 Å². The van der Waals surface area contributed by atoms with Crippen molar-refractivity contribution in [2.45, 2.75) is 19.8 Å². The summed E-state index contributed by atoms with van der Waals surface area (Å²) in [5.41, 5.74) is 1.50. The number of carbonyl (C=O) groups excluding carboxylic acids is 4. The third kappa shape index (κ3) is 6.53. The van der Waals surface area contributed by atoms with E-state index in [9.17, 15) is 23.6 Å². The molecule has 37 heavy (non-hydrogen) atoms. The summed E-state index contributed by atoms with van der Waals surface area (Å²) in [6.45, 7) is 1.92. The summed E-state index contributed by atoms with van der Waals surface area (Å²) in [4.78, 5) is 50.4. The second-order valence-electron chi connectivity index (χ2n) is 8.09. The van der Waals surface area contributed by atoms with E-state index < -0.39 is 29.4 Å². The highest BCUT2D eigenvalue weighted by atomic mass is 32.2. The number of esters is 1. The zero-order valence-corrected chi connectivity index (χ0v) is 20.7. The lowest BCUT2D eigenvalue weighted by atomic mass is 10.1. The van der Waals surface area contributed by atoms with Gasteiger partial charge in [0.15, 0.2) is 0 Å². The fraction of sp³-hybridized carbons (Fsp3) is 0.185. The Balaban J connectivity index is 1.38. The van der Waals surface area contributed by atoms with Crippen LogP contribution in [0, 0.1) is 5.82 Å². The number of thioether (sulfide) groups is 1. The second kappa shape index (κ2) is 11.7. The number of carbonyl (C=O) groups is 4. The van der Waals surface area contributed by atoms with Crippen LogP contribution < -0.4 is 5.32 Å². The van der Waals surface area contributed by atoms with Crippen LogP contribution in [-0.4, -0.2) is 41.1 Å². The fourth-order valence-corrected chi connectivity index (χ4v) is 4.21. The number of amides is 3. The Labute approximate surface area is 216 Å². The van der Waals surface area contributed by atoms with Crippen LogP contribution in [0.2, 0.25) is 0 Å². The first-order valence-corrected chi connectivity index (χ1v) is 12.3. The van der Waals surface area contributed by atoms with Gasteiger partial charge in [0.1, 0.15) is 23.9 Å². The van der Waals surface area contributed by atoms with Crippen molar-refractivity contribution < 1.29 is 32.7 Å². The average Bonchev–Trinajstić information content (AvgIpc) is 3.46. The summed E-state index contributed by atoms with van der Waals surface area (Å²) in [5, 5.41) is 1.93. The van der Waals surface area contributed by atoms with Crippen LogP contribution in [0.25, 0.3) is 17.4 Å². The summed E-state index contributed by atoms with van der Waals surface area (Å²) in [6, 6.07) is 15.2. The number of hydrogen-bond acceptors (Lipinski definition) is 7. The maximum absolute atomic E-state index is 13.0. The zero-order chi connectivity index (χ0) is 26.4. The topological polar surface area (TPSA) is 106 Å². The van der Waals surface area contributed by atoms with Crippen LogP contribution >= 0.6 is 11.8 Å². The molecule has 1 saturated heterocycles. The van der Waals surface area contributed by atoms with E-state index in [1.165, 1.54) is 30.3 Å². The molecule has 8 nitrogen and oxygen atoms in total. The number of furan rings is 1. The van der Waals surface area contributed by atoms with Gasteiger partial charge in [-0.2, -0.15) is 0 Å². The molecule has 0 unspecified atom stereocenters. The van der Waals surface area contributed by atoms with Gasteiger partial charge in [0, 0.05) is 17.3 Å². The summed E-state index contributed by atoms with van der Waals surface area (Å²) >= 11 is 0.703. The molecule has 0 radical (unpaired) electrons. The number of hydrogen-bond donors (Lipinski definition) is 1. The van der Waals surface area contributed by atoms with Crippen molar-refractivity contribution in [2.24, 2.45) is 0 Å². The first-order chi connectivity index (χ1) is 17.8.